The van der Waals surface area contributed by atoms with Crippen LogP contribution in [0.25, 0.3) is 6.08 Å². The summed E-state index contributed by atoms with van der Waals surface area (Å²) in [5.74, 6) is 0.583. The summed E-state index contributed by atoms with van der Waals surface area (Å²) < 4.78 is 0. The molecule has 0 radical (unpaired) electrons. The van der Waals surface area contributed by atoms with Crippen molar-refractivity contribution in [3.8, 4) is 0 Å². The van der Waals surface area contributed by atoms with Crippen LogP contribution in [0.15, 0.2) is 48.1 Å². The highest BCUT2D eigenvalue weighted by Crippen LogP contribution is 2.31. The fourth-order valence-electron chi connectivity index (χ4n) is 2.42. The van der Waals surface area contributed by atoms with Gasteiger partial charge in [0.15, 0.2) is 0 Å². The second-order valence-electron chi connectivity index (χ2n) is 4.53. The van der Waals surface area contributed by atoms with Gasteiger partial charge in [-0.05, 0) is 36.0 Å². The summed E-state index contributed by atoms with van der Waals surface area (Å²) in [5, 5.41) is 0. The summed E-state index contributed by atoms with van der Waals surface area (Å²) in [7, 11) is 0. The van der Waals surface area contributed by atoms with Crippen LogP contribution in [0.3, 0.4) is 0 Å². The number of allylic oxidation sites excluding steroid dienone is 3. The maximum Gasteiger partial charge on any atom is 0.143 e. The third-order valence-electron chi connectivity index (χ3n) is 3.35. The van der Waals surface area contributed by atoms with Gasteiger partial charge >= 0.3 is 0 Å². The number of benzene rings is 1. The number of carbonyl (C=O) groups is 1. The molecule has 1 aliphatic rings. The minimum atomic E-state index is 0.583. The molecule has 88 valence electrons. The van der Waals surface area contributed by atoms with Gasteiger partial charge in [-0.1, -0.05) is 55.3 Å². The van der Waals surface area contributed by atoms with E-state index in [-0.39, 0.29) is 0 Å². The molecule has 1 aromatic carbocycles. The molecule has 0 aromatic heterocycles. The van der Waals surface area contributed by atoms with Gasteiger partial charge in [0.2, 0.25) is 0 Å². The Hall–Kier alpha value is -1.63. The van der Waals surface area contributed by atoms with E-state index in [1.807, 2.05) is 18.2 Å². The summed E-state index contributed by atoms with van der Waals surface area (Å²) in [6, 6.07) is 10.2. The van der Waals surface area contributed by atoms with Gasteiger partial charge in [0.05, 0.1) is 0 Å². The molecule has 0 atom stereocenters. The average molecular weight is 226 g/mol. The van der Waals surface area contributed by atoms with Crippen LogP contribution in [0.1, 0.15) is 31.2 Å². The zero-order chi connectivity index (χ0) is 11.9. The van der Waals surface area contributed by atoms with Crippen LogP contribution in [-0.4, -0.2) is 6.29 Å². The number of hydrogen-bond acceptors (Lipinski definition) is 1. The van der Waals surface area contributed by atoms with Crippen molar-refractivity contribution in [2.45, 2.75) is 25.7 Å². The third-order valence-corrected chi connectivity index (χ3v) is 3.35. The summed E-state index contributed by atoms with van der Waals surface area (Å²) in [6.07, 6.45) is 11.8. The Labute approximate surface area is 103 Å². The molecule has 0 aliphatic heterocycles. The van der Waals surface area contributed by atoms with Crippen molar-refractivity contribution in [3.63, 3.8) is 0 Å². The maximum absolute atomic E-state index is 10.7. The molecule has 1 aliphatic carbocycles. The number of rotatable bonds is 4. The van der Waals surface area contributed by atoms with E-state index in [9.17, 15) is 4.79 Å². The lowest BCUT2D eigenvalue weighted by Crippen LogP contribution is -1.96. The maximum atomic E-state index is 10.7. The molecule has 0 saturated heterocycles. The minimum absolute atomic E-state index is 0.583. The van der Waals surface area contributed by atoms with Crippen LogP contribution in [0.4, 0.5) is 0 Å². The van der Waals surface area contributed by atoms with Gasteiger partial charge in [-0.2, -0.15) is 0 Å². The second-order valence-corrected chi connectivity index (χ2v) is 4.53. The zero-order valence-corrected chi connectivity index (χ0v) is 10.0. The van der Waals surface area contributed by atoms with E-state index in [2.05, 4.69) is 24.3 Å². The van der Waals surface area contributed by atoms with Gasteiger partial charge in [-0.15, -0.1) is 0 Å². The molecule has 17 heavy (non-hydrogen) atoms. The molecule has 0 spiro atoms. The first-order valence-electron chi connectivity index (χ1n) is 6.28. The molecule has 0 heterocycles. The molecule has 0 unspecified atom stereocenters. The van der Waals surface area contributed by atoms with E-state index in [0.29, 0.717) is 5.92 Å². The normalized spacial score (nSPS) is 17.8. The lowest BCUT2D eigenvalue weighted by molar-refractivity contribution is -0.104. The van der Waals surface area contributed by atoms with E-state index < -0.39 is 0 Å². The monoisotopic (exact) mass is 226 g/mol. The Bertz CT molecular complexity index is 408. The summed E-state index contributed by atoms with van der Waals surface area (Å²) in [4.78, 5) is 10.7. The molecule has 0 N–H and O–H groups in total. The van der Waals surface area contributed by atoms with Crippen molar-refractivity contribution >= 4 is 12.4 Å². The van der Waals surface area contributed by atoms with Crippen LogP contribution < -0.4 is 0 Å². The average Bonchev–Trinajstić information content (AvgIpc) is 2.89. The van der Waals surface area contributed by atoms with Crippen LogP contribution in [0.2, 0.25) is 0 Å². The quantitative estimate of drug-likeness (QED) is 0.430. The molecule has 1 fully saturated rings. The van der Waals surface area contributed by atoms with Gasteiger partial charge in [-0.25, -0.2) is 0 Å². The van der Waals surface area contributed by atoms with Gasteiger partial charge in [0.25, 0.3) is 0 Å². The van der Waals surface area contributed by atoms with Gasteiger partial charge in [-0.3, -0.25) is 4.79 Å². The van der Waals surface area contributed by atoms with E-state index >= 15 is 0 Å². The predicted molar refractivity (Wildman–Crippen MR) is 71.6 cm³/mol. The molecular formula is C16H18O. The highest BCUT2D eigenvalue weighted by Gasteiger charge is 2.17. The molecule has 1 aromatic rings. The Balaban J connectivity index is 2.10. The van der Waals surface area contributed by atoms with Gasteiger partial charge < -0.3 is 0 Å². The van der Waals surface area contributed by atoms with E-state index in [0.717, 1.165) is 6.29 Å². The van der Waals surface area contributed by atoms with Crippen molar-refractivity contribution < 1.29 is 4.79 Å². The number of carbonyl (C=O) groups excluding carboxylic acids is 1. The topological polar surface area (TPSA) is 17.1 Å². The van der Waals surface area contributed by atoms with E-state index in [1.165, 1.54) is 36.8 Å². The largest absolute Gasteiger partial charge is 0.299 e. The van der Waals surface area contributed by atoms with Crippen molar-refractivity contribution in [1.82, 2.24) is 0 Å². The van der Waals surface area contributed by atoms with Crippen molar-refractivity contribution in [1.29, 1.82) is 0 Å². The van der Waals surface area contributed by atoms with Crippen LogP contribution in [-0.2, 0) is 4.79 Å². The van der Waals surface area contributed by atoms with Crippen molar-refractivity contribution in [3.05, 3.63) is 53.6 Å². The Kier molecular flexibility index (Phi) is 4.31. The lowest BCUT2D eigenvalue weighted by atomic mass is 9.96. The zero-order valence-electron chi connectivity index (χ0n) is 10.0. The standard InChI is InChI=1S/C16H18O/c17-13-12-16(15-8-4-5-9-15)11-10-14-6-2-1-3-7-14/h1-3,6-7,10-13,15H,4-5,8-9H2/b11-10+,16-12+. The van der Waals surface area contributed by atoms with Crippen LogP contribution in [0, 0.1) is 5.92 Å². The third kappa shape index (κ3) is 3.42. The Morgan fingerprint density at radius 1 is 1.12 bits per heavy atom. The second kappa shape index (κ2) is 6.19. The molecule has 2 rings (SSSR count). The first-order valence-corrected chi connectivity index (χ1v) is 6.28. The summed E-state index contributed by atoms with van der Waals surface area (Å²) >= 11 is 0. The lowest BCUT2D eigenvalue weighted by Gasteiger charge is -2.09. The van der Waals surface area contributed by atoms with Crippen LogP contribution in [0.5, 0.6) is 0 Å². The van der Waals surface area contributed by atoms with Crippen molar-refractivity contribution in [2.24, 2.45) is 5.92 Å². The first-order chi connectivity index (χ1) is 8.40. The molecule has 1 saturated carbocycles. The fourth-order valence-corrected chi connectivity index (χ4v) is 2.42. The van der Waals surface area contributed by atoms with Crippen LogP contribution >= 0.6 is 0 Å². The van der Waals surface area contributed by atoms with E-state index in [4.69, 9.17) is 0 Å². The van der Waals surface area contributed by atoms with Gasteiger partial charge in [0, 0.05) is 0 Å². The summed E-state index contributed by atoms with van der Waals surface area (Å²) in [6.45, 7) is 0. The molecular weight excluding hydrogens is 208 g/mol. The summed E-state index contributed by atoms with van der Waals surface area (Å²) in [5.41, 5.74) is 2.36. The highest BCUT2D eigenvalue weighted by molar-refractivity contribution is 5.69. The molecule has 1 nitrogen and oxygen atoms in total. The van der Waals surface area contributed by atoms with Crippen molar-refractivity contribution in [2.75, 3.05) is 0 Å². The predicted octanol–water partition coefficient (Wildman–Crippen LogP) is 4.02. The SMILES string of the molecule is O=C/C=C(\C=C\c1ccccc1)C1CCCC1. The Morgan fingerprint density at radius 3 is 2.47 bits per heavy atom. The molecule has 1 heteroatoms. The smallest absolute Gasteiger partial charge is 0.143 e. The fraction of sp³-hybridized carbons (Fsp3) is 0.312. The Morgan fingerprint density at radius 2 is 1.82 bits per heavy atom. The number of hydrogen-bond donors (Lipinski definition) is 0. The molecule has 0 bridgehead atoms. The number of aldehydes is 1. The minimum Gasteiger partial charge on any atom is -0.299 e. The first kappa shape index (κ1) is 11.8. The molecule has 0 amide bonds. The van der Waals surface area contributed by atoms with E-state index in [1.54, 1.807) is 6.08 Å². The highest BCUT2D eigenvalue weighted by atomic mass is 16.1. The van der Waals surface area contributed by atoms with Gasteiger partial charge in [0.1, 0.15) is 6.29 Å².